The van der Waals surface area contributed by atoms with Gasteiger partial charge in [0.2, 0.25) is 0 Å². The van der Waals surface area contributed by atoms with Gasteiger partial charge >= 0.3 is 5.91 Å². The van der Waals surface area contributed by atoms with Crippen molar-refractivity contribution in [3.63, 3.8) is 0 Å². The summed E-state index contributed by atoms with van der Waals surface area (Å²) in [4.78, 5) is 32.7. The Morgan fingerprint density at radius 3 is 2.54 bits per heavy atom. The Labute approximate surface area is 216 Å². The van der Waals surface area contributed by atoms with Crippen molar-refractivity contribution in [3.8, 4) is 11.5 Å². The predicted molar refractivity (Wildman–Crippen MR) is 140 cm³/mol. The van der Waals surface area contributed by atoms with Gasteiger partial charge < -0.3 is 14.6 Å². The number of nitrogens with zero attached hydrogens (tertiary/aromatic N) is 2. The number of aryl methyl sites for hydroxylation is 1. The molecular formula is C28H23FN2O5S. The second-order valence-corrected chi connectivity index (χ2v) is 9.50. The van der Waals surface area contributed by atoms with Crippen LogP contribution in [0.25, 0.3) is 16.0 Å². The van der Waals surface area contributed by atoms with Crippen LogP contribution in [0.5, 0.6) is 11.5 Å². The molecular weight excluding hydrogens is 495 g/mol. The summed E-state index contributed by atoms with van der Waals surface area (Å²) in [6.45, 7) is 4.23. The number of hydrogen-bond acceptors (Lipinski definition) is 7. The van der Waals surface area contributed by atoms with Gasteiger partial charge in [-0.3, -0.25) is 14.5 Å². The zero-order valence-corrected chi connectivity index (χ0v) is 21.1. The molecule has 0 unspecified atom stereocenters. The van der Waals surface area contributed by atoms with Gasteiger partial charge in [0.15, 0.2) is 16.6 Å². The molecule has 1 aromatic heterocycles. The van der Waals surface area contributed by atoms with E-state index >= 15 is 0 Å². The predicted octanol–water partition coefficient (Wildman–Crippen LogP) is 5.78. The average molecular weight is 519 g/mol. The second-order valence-electron chi connectivity index (χ2n) is 8.49. The van der Waals surface area contributed by atoms with Crippen LogP contribution in [0.15, 0.2) is 66.2 Å². The largest absolute Gasteiger partial charge is 0.507 e. The van der Waals surface area contributed by atoms with Crippen LogP contribution in [0.4, 0.5) is 9.52 Å². The molecule has 1 saturated heterocycles. The molecule has 1 amide bonds. The minimum absolute atomic E-state index is 0.127. The fourth-order valence-corrected chi connectivity index (χ4v) is 5.45. The third-order valence-electron chi connectivity index (χ3n) is 6.10. The lowest BCUT2D eigenvalue weighted by Gasteiger charge is -2.24. The lowest BCUT2D eigenvalue weighted by molar-refractivity contribution is -0.132. The van der Waals surface area contributed by atoms with E-state index in [4.69, 9.17) is 9.47 Å². The fourth-order valence-electron chi connectivity index (χ4n) is 4.36. The molecule has 4 aromatic rings. The number of Topliss-reactive ketones (excluding diaryl/α,β-unsaturated/α-hetero) is 1. The van der Waals surface area contributed by atoms with Crippen molar-refractivity contribution >= 4 is 44.1 Å². The topological polar surface area (TPSA) is 89.0 Å². The number of benzene rings is 3. The van der Waals surface area contributed by atoms with Crippen LogP contribution in [0, 0.1) is 12.7 Å². The number of aliphatic hydroxyl groups excluding tert-OH is 1. The number of ketones is 1. The highest BCUT2D eigenvalue weighted by molar-refractivity contribution is 7.22. The normalized spacial score (nSPS) is 17.0. The second kappa shape index (κ2) is 9.67. The highest BCUT2D eigenvalue weighted by atomic mass is 32.1. The molecule has 1 aliphatic heterocycles. The summed E-state index contributed by atoms with van der Waals surface area (Å²) in [5.74, 6) is -1.68. The number of aliphatic hydroxyl groups is 1. The minimum atomic E-state index is -1.00. The molecule has 7 nitrogen and oxygen atoms in total. The van der Waals surface area contributed by atoms with Crippen molar-refractivity contribution < 1.29 is 28.6 Å². The zero-order valence-electron chi connectivity index (χ0n) is 20.3. The summed E-state index contributed by atoms with van der Waals surface area (Å²) in [6, 6.07) is 14.9. The maximum absolute atomic E-state index is 13.5. The maximum atomic E-state index is 13.5. The fraction of sp³-hybridized carbons (Fsp3) is 0.179. The molecule has 0 bridgehead atoms. The number of carbonyl (C=O) groups excluding carboxylic acids is 2. The van der Waals surface area contributed by atoms with E-state index < -0.39 is 29.3 Å². The Kier molecular flexibility index (Phi) is 6.39. The number of rotatable bonds is 6. The number of methoxy groups -OCH3 is 1. The summed E-state index contributed by atoms with van der Waals surface area (Å²) in [5.41, 5.74) is 2.32. The van der Waals surface area contributed by atoms with Gasteiger partial charge in [-0.25, -0.2) is 9.37 Å². The number of carbonyl (C=O) groups is 2. The van der Waals surface area contributed by atoms with Gasteiger partial charge in [0.1, 0.15) is 11.6 Å². The van der Waals surface area contributed by atoms with Gasteiger partial charge in [0.25, 0.3) is 5.78 Å². The van der Waals surface area contributed by atoms with E-state index in [0.29, 0.717) is 34.3 Å². The van der Waals surface area contributed by atoms with Gasteiger partial charge in [0.05, 0.1) is 35.5 Å². The standard InChI is InChI=1S/C28H23FN2O5S/c1-4-36-20-12-8-17(14-21(20)35-3)24-23(25(32)16-6-9-18(29)10-7-16)26(33)27(34)31(24)28-30-19-11-5-15(2)13-22(19)37-28/h5-14,24,32H,4H2,1-3H3/t24-/m1/s1. The van der Waals surface area contributed by atoms with Crippen molar-refractivity contribution in [1.82, 2.24) is 4.98 Å². The Morgan fingerprint density at radius 1 is 1.08 bits per heavy atom. The summed E-state index contributed by atoms with van der Waals surface area (Å²) >= 11 is 1.28. The molecule has 0 radical (unpaired) electrons. The van der Waals surface area contributed by atoms with E-state index in [-0.39, 0.29) is 11.1 Å². The molecule has 188 valence electrons. The molecule has 1 atom stereocenters. The average Bonchev–Trinajstić information content (AvgIpc) is 3.42. The van der Waals surface area contributed by atoms with Gasteiger partial charge in [0, 0.05) is 5.56 Å². The summed E-state index contributed by atoms with van der Waals surface area (Å²) in [6.07, 6.45) is 0. The lowest BCUT2D eigenvalue weighted by atomic mass is 9.95. The van der Waals surface area contributed by atoms with E-state index in [0.717, 1.165) is 10.3 Å². The van der Waals surface area contributed by atoms with Crippen molar-refractivity contribution in [2.45, 2.75) is 19.9 Å². The van der Waals surface area contributed by atoms with Crippen molar-refractivity contribution in [2.75, 3.05) is 18.6 Å². The maximum Gasteiger partial charge on any atom is 0.301 e. The van der Waals surface area contributed by atoms with E-state index in [2.05, 4.69) is 4.98 Å². The molecule has 0 saturated carbocycles. The molecule has 0 aliphatic carbocycles. The van der Waals surface area contributed by atoms with Crippen molar-refractivity contribution in [1.29, 1.82) is 0 Å². The monoisotopic (exact) mass is 518 g/mol. The smallest absolute Gasteiger partial charge is 0.301 e. The number of halogens is 1. The number of fused-ring (bicyclic) bond motifs is 1. The molecule has 3 aromatic carbocycles. The first-order chi connectivity index (χ1) is 17.8. The first kappa shape index (κ1) is 24.5. The highest BCUT2D eigenvalue weighted by Crippen LogP contribution is 2.45. The number of hydrogen-bond donors (Lipinski definition) is 1. The lowest BCUT2D eigenvalue weighted by Crippen LogP contribution is -2.29. The first-order valence-corrected chi connectivity index (χ1v) is 12.4. The van der Waals surface area contributed by atoms with Gasteiger partial charge in [-0.1, -0.05) is 23.5 Å². The Hall–Kier alpha value is -4.24. The summed E-state index contributed by atoms with van der Waals surface area (Å²) < 4.78 is 25.5. The highest BCUT2D eigenvalue weighted by Gasteiger charge is 2.48. The van der Waals surface area contributed by atoms with Crippen LogP contribution in [-0.2, 0) is 9.59 Å². The van der Waals surface area contributed by atoms with Crippen LogP contribution >= 0.6 is 11.3 Å². The Bertz CT molecular complexity index is 1560. The third-order valence-corrected chi connectivity index (χ3v) is 7.12. The van der Waals surface area contributed by atoms with Crippen LogP contribution in [-0.4, -0.2) is 35.5 Å². The van der Waals surface area contributed by atoms with Gasteiger partial charge in [-0.05, 0) is 73.5 Å². The van der Waals surface area contributed by atoms with E-state index in [9.17, 15) is 19.1 Å². The molecule has 1 N–H and O–H groups in total. The minimum Gasteiger partial charge on any atom is -0.507 e. The van der Waals surface area contributed by atoms with Crippen LogP contribution in [0.2, 0.25) is 0 Å². The molecule has 9 heteroatoms. The van der Waals surface area contributed by atoms with Crippen molar-refractivity contribution in [3.05, 3.63) is 88.7 Å². The van der Waals surface area contributed by atoms with E-state index in [1.807, 2.05) is 32.0 Å². The quantitative estimate of drug-likeness (QED) is 0.198. The molecule has 2 heterocycles. The van der Waals surface area contributed by atoms with Crippen LogP contribution in [0.1, 0.15) is 29.7 Å². The molecule has 5 rings (SSSR count). The summed E-state index contributed by atoms with van der Waals surface area (Å²) in [7, 11) is 1.49. The molecule has 0 spiro atoms. The first-order valence-electron chi connectivity index (χ1n) is 11.6. The number of thiazole rings is 1. The molecule has 1 fully saturated rings. The Balaban J connectivity index is 1.73. The summed E-state index contributed by atoms with van der Waals surface area (Å²) in [5, 5.41) is 11.5. The number of amides is 1. The number of ether oxygens (including phenoxy) is 2. The Morgan fingerprint density at radius 2 is 1.84 bits per heavy atom. The van der Waals surface area contributed by atoms with E-state index in [1.165, 1.54) is 47.6 Å². The number of aromatic nitrogens is 1. The van der Waals surface area contributed by atoms with Gasteiger partial charge in [-0.15, -0.1) is 0 Å². The van der Waals surface area contributed by atoms with Crippen LogP contribution in [0.3, 0.4) is 0 Å². The SMILES string of the molecule is CCOc1ccc([C@@H]2C(=C(O)c3ccc(F)cc3)C(=O)C(=O)N2c2nc3ccc(C)cc3s2)cc1OC. The third kappa shape index (κ3) is 4.31. The van der Waals surface area contributed by atoms with E-state index in [1.54, 1.807) is 18.2 Å². The molecule has 1 aliphatic rings. The van der Waals surface area contributed by atoms with Crippen molar-refractivity contribution in [2.24, 2.45) is 0 Å². The molecule has 37 heavy (non-hydrogen) atoms. The van der Waals surface area contributed by atoms with Gasteiger partial charge in [-0.2, -0.15) is 0 Å². The van der Waals surface area contributed by atoms with Crippen LogP contribution < -0.4 is 14.4 Å². The zero-order chi connectivity index (χ0) is 26.3. The number of anilines is 1.